The van der Waals surface area contributed by atoms with Gasteiger partial charge in [-0.1, -0.05) is 299 Å². The molecule has 0 bridgehead atoms. The van der Waals surface area contributed by atoms with Crippen molar-refractivity contribution in [2.24, 2.45) is 17.8 Å². The fourth-order valence-electron chi connectivity index (χ4n) is 10.5. The second-order valence-corrected chi connectivity index (χ2v) is 29.6. The Hall–Kier alpha value is -1.94. The van der Waals surface area contributed by atoms with Crippen molar-refractivity contribution in [1.82, 2.24) is 0 Å². The number of phosphoric ester groups is 2. The fourth-order valence-corrected chi connectivity index (χ4v) is 12.1. The number of phosphoric acid groups is 2. The Balaban J connectivity index is 5.21. The Morgan fingerprint density at radius 2 is 0.517 bits per heavy atom. The monoisotopic (exact) mass is 1310 g/mol. The van der Waals surface area contributed by atoms with E-state index in [4.69, 9.17) is 37.0 Å². The third-order valence-corrected chi connectivity index (χ3v) is 18.0. The molecule has 0 amide bonds. The van der Waals surface area contributed by atoms with Gasteiger partial charge in [-0.2, -0.15) is 0 Å². The summed E-state index contributed by atoms with van der Waals surface area (Å²) in [7, 11) is -9.90. The van der Waals surface area contributed by atoms with E-state index in [2.05, 4.69) is 48.5 Å². The Bertz CT molecular complexity index is 1750. The van der Waals surface area contributed by atoms with E-state index >= 15 is 0 Å². The predicted octanol–water partition coefficient (Wildman–Crippen LogP) is 19.8. The minimum Gasteiger partial charge on any atom is -0.462 e. The fraction of sp³-hybridized carbons (Fsp3) is 0.943. The van der Waals surface area contributed by atoms with Gasteiger partial charge in [-0.3, -0.25) is 37.3 Å². The summed E-state index contributed by atoms with van der Waals surface area (Å²) < 4.78 is 68.2. The average molecular weight is 1310 g/mol. The van der Waals surface area contributed by atoms with Crippen molar-refractivity contribution >= 4 is 39.5 Å². The van der Waals surface area contributed by atoms with Crippen LogP contribution >= 0.6 is 15.6 Å². The molecule has 89 heavy (non-hydrogen) atoms. The third-order valence-electron chi connectivity index (χ3n) is 16.1. The lowest BCUT2D eigenvalue weighted by molar-refractivity contribution is -0.161. The van der Waals surface area contributed by atoms with E-state index in [1.165, 1.54) is 148 Å². The maximum atomic E-state index is 13.0. The van der Waals surface area contributed by atoms with Crippen molar-refractivity contribution in [3.63, 3.8) is 0 Å². The molecule has 0 aliphatic rings. The summed E-state index contributed by atoms with van der Waals surface area (Å²) in [5.41, 5.74) is 0. The van der Waals surface area contributed by atoms with Gasteiger partial charge in [-0.25, -0.2) is 9.13 Å². The molecule has 0 radical (unpaired) electrons. The molecule has 0 saturated carbocycles. The minimum atomic E-state index is -4.95. The van der Waals surface area contributed by atoms with Crippen LogP contribution in [0.3, 0.4) is 0 Å². The zero-order valence-corrected chi connectivity index (χ0v) is 59.7. The van der Waals surface area contributed by atoms with Crippen molar-refractivity contribution in [3.8, 4) is 0 Å². The number of hydrogen-bond acceptors (Lipinski definition) is 15. The number of carbonyl (C=O) groups excluding carboxylic acids is 4. The lowest BCUT2D eigenvalue weighted by Crippen LogP contribution is -2.30. The molecule has 17 nitrogen and oxygen atoms in total. The average Bonchev–Trinajstić information content (AvgIpc) is 3.62. The van der Waals surface area contributed by atoms with Gasteiger partial charge in [0, 0.05) is 25.7 Å². The molecule has 2 unspecified atom stereocenters. The summed E-state index contributed by atoms with van der Waals surface area (Å²) in [4.78, 5) is 72.4. The number of unbranched alkanes of at least 4 members (excludes halogenated alkanes) is 36. The van der Waals surface area contributed by atoms with Gasteiger partial charge in [0.15, 0.2) is 12.2 Å². The zero-order chi connectivity index (χ0) is 65.9. The molecule has 0 aliphatic heterocycles. The number of rotatable bonds is 68. The molecule has 528 valence electrons. The lowest BCUT2D eigenvalue weighted by atomic mass is 10.0. The summed E-state index contributed by atoms with van der Waals surface area (Å²) in [5, 5.41) is 10.6. The lowest BCUT2D eigenvalue weighted by Gasteiger charge is -2.21. The van der Waals surface area contributed by atoms with Crippen LogP contribution < -0.4 is 0 Å². The molecular formula is C70H136O17P2. The molecule has 19 heteroatoms. The first-order valence-electron chi connectivity index (χ1n) is 36.3. The molecule has 0 aromatic carbocycles. The van der Waals surface area contributed by atoms with Crippen LogP contribution in [0.1, 0.15) is 350 Å². The first-order chi connectivity index (χ1) is 42.7. The Morgan fingerprint density at radius 1 is 0.303 bits per heavy atom. The Kier molecular flexibility index (Phi) is 59.6. The SMILES string of the molecule is CCCCCCCCCC(=O)OC[C@H](COP(=O)(O)OC[C@H](O)COP(=O)(O)OC[C@@H](COC(=O)CCCCCCCCCCCCC(C)C)OC(=O)CCCCCCCCCCCCCCCC(C)C)OC(=O)CCCCCCCCCCCCC(C)C. The minimum absolute atomic E-state index is 0.105. The van der Waals surface area contributed by atoms with Crippen LogP contribution in [0, 0.1) is 17.8 Å². The summed E-state index contributed by atoms with van der Waals surface area (Å²) in [6.45, 7) is 11.8. The second-order valence-electron chi connectivity index (χ2n) is 26.7. The number of esters is 4. The van der Waals surface area contributed by atoms with Gasteiger partial charge in [0.25, 0.3) is 0 Å². The largest absolute Gasteiger partial charge is 0.472 e. The molecule has 0 spiro atoms. The highest BCUT2D eigenvalue weighted by Crippen LogP contribution is 2.45. The van der Waals surface area contributed by atoms with Gasteiger partial charge < -0.3 is 33.8 Å². The number of hydrogen-bond donors (Lipinski definition) is 3. The van der Waals surface area contributed by atoms with Crippen LogP contribution in [0.15, 0.2) is 0 Å². The van der Waals surface area contributed by atoms with E-state index in [1.54, 1.807) is 0 Å². The Morgan fingerprint density at radius 3 is 0.764 bits per heavy atom. The molecule has 0 saturated heterocycles. The summed E-state index contributed by atoms with van der Waals surface area (Å²) in [6, 6.07) is 0. The molecule has 3 N–H and O–H groups in total. The number of carbonyl (C=O) groups is 4. The van der Waals surface area contributed by atoms with E-state index in [0.29, 0.717) is 25.7 Å². The molecule has 0 heterocycles. The topological polar surface area (TPSA) is 237 Å². The zero-order valence-electron chi connectivity index (χ0n) is 57.9. The number of aliphatic hydroxyl groups excluding tert-OH is 1. The number of ether oxygens (including phenoxy) is 4. The maximum absolute atomic E-state index is 13.0. The summed E-state index contributed by atoms with van der Waals surface area (Å²) in [6.07, 6.45) is 44.5. The van der Waals surface area contributed by atoms with E-state index in [1.807, 2.05) is 0 Å². The van der Waals surface area contributed by atoms with Crippen LogP contribution in [0.25, 0.3) is 0 Å². The molecule has 0 aromatic rings. The van der Waals surface area contributed by atoms with Crippen molar-refractivity contribution in [2.75, 3.05) is 39.6 Å². The van der Waals surface area contributed by atoms with E-state index in [-0.39, 0.29) is 25.7 Å². The molecule has 5 atom stereocenters. The normalized spacial score (nSPS) is 14.2. The van der Waals surface area contributed by atoms with E-state index in [0.717, 1.165) is 120 Å². The van der Waals surface area contributed by atoms with E-state index in [9.17, 15) is 43.2 Å². The van der Waals surface area contributed by atoms with Crippen LogP contribution in [0.2, 0.25) is 0 Å². The van der Waals surface area contributed by atoms with Crippen LogP contribution in [0.4, 0.5) is 0 Å². The van der Waals surface area contributed by atoms with Crippen LogP contribution in [-0.4, -0.2) is 96.7 Å². The van der Waals surface area contributed by atoms with Gasteiger partial charge in [0.1, 0.15) is 19.3 Å². The van der Waals surface area contributed by atoms with Crippen LogP contribution in [-0.2, 0) is 65.4 Å². The molecule has 0 aromatic heterocycles. The standard InChI is InChI=1S/C70H136O17P2/c1-8-9-10-11-27-37-44-51-67(72)80-57-65(86-70(75)54-47-40-33-26-20-18-23-30-36-43-50-63(6)7)59-84-88(76,77)82-55-64(71)56-83-89(78,79)85-60-66(58-81-68(73)52-45-38-31-24-19-17-22-29-35-42-49-62(4)5)87-69(74)53-46-39-32-25-16-14-12-13-15-21-28-34-41-48-61(2)3/h61-66,71H,8-60H2,1-7H3,(H,76,77)(H,78,79)/t64-,65+,66+/m0/s1. The van der Waals surface area contributed by atoms with Gasteiger partial charge in [0.2, 0.25) is 0 Å². The van der Waals surface area contributed by atoms with Gasteiger partial charge >= 0.3 is 39.5 Å². The van der Waals surface area contributed by atoms with Crippen molar-refractivity contribution in [1.29, 1.82) is 0 Å². The molecule has 0 aliphatic carbocycles. The van der Waals surface area contributed by atoms with Crippen molar-refractivity contribution < 1.29 is 80.2 Å². The smallest absolute Gasteiger partial charge is 0.462 e. The third kappa shape index (κ3) is 64.6. The van der Waals surface area contributed by atoms with Crippen molar-refractivity contribution in [3.05, 3.63) is 0 Å². The highest BCUT2D eigenvalue weighted by atomic mass is 31.2. The summed E-state index contributed by atoms with van der Waals surface area (Å²) in [5.74, 6) is 0.167. The maximum Gasteiger partial charge on any atom is 0.472 e. The van der Waals surface area contributed by atoms with Crippen molar-refractivity contribution in [2.45, 2.75) is 369 Å². The highest BCUT2D eigenvalue weighted by Gasteiger charge is 2.30. The first kappa shape index (κ1) is 87.1. The highest BCUT2D eigenvalue weighted by molar-refractivity contribution is 7.47. The Labute approximate surface area is 543 Å². The predicted molar refractivity (Wildman–Crippen MR) is 358 cm³/mol. The van der Waals surface area contributed by atoms with Gasteiger partial charge in [-0.15, -0.1) is 0 Å². The second kappa shape index (κ2) is 61.0. The van der Waals surface area contributed by atoms with Gasteiger partial charge in [0.05, 0.1) is 26.4 Å². The first-order valence-corrected chi connectivity index (χ1v) is 39.3. The summed E-state index contributed by atoms with van der Waals surface area (Å²) >= 11 is 0. The van der Waals surface area contributed by atoms with Crippen LogP contribution in [0.5, 0.6) is 0 Å². The quantitative estimate of drug-likeness (QED) is 0.0222. The molecular weight excluding hydrogens is 1170 g/mol. The van der Waals surface area contributed by atoms with Gasteiger partial charge in [-0.05, 0) is 43.4 Å². The molecule has 0 rings (SSSR count). The molecule has 0 fully saturated rings. The van der Waals surface area contributed by atoms with E-state index < -0.39 is 97.5 Å². The number of aliphatic hydroxyl groups is 1.